The third kappa shape index (κ3) is 4.96. The summed E-state index contributed by atoms with van der Waals surface area (Å²) in [6.45, 7) is 9.21. The third-order valence-corrected chi connectivity index (χ3v) is 4.36. The molecule has 1 fully saturated rings. The standard InChI is InChI=1S/C13H27NOS/c1-10-6-12(8-13(3,4)7-10)14-11(2)9-16(5)15/h10-12,14H,6-9H2,1-5H3. The van der Waals surface area contributed by atoms with E-state index >= 15 is 0 Å². The number of rotatable bonds is 4. The molecule has 4 atom stereocenters. The molecule has 0 aromatic rings. The van der Waals surface area contributed by atoms with Gasteiger partial charge in [-0.2, -0.15) is 0 Å². The summed E-state index contributed by atoms with van der Waals surface area (Å²) in [7, 11) is -0.690. The Kier molecular flexibility index (Phi) is 4.99. The SMILES string of the molecule is CC1CC(NC(C)CS(C)=O)CC(C)(C)C1. The predicted octanol–water partition coefficient (Wildman–Crippen LogP) is 2.56. The van der Waals surface area contributed by atoms with Gasteiger partial charge in [-0.05, 0) is 37.5 Å². The molecule has 0 bridgehead atoms. The summed E-state index contributed by atoms with van der Waals surface area (Å²) in [5.74, 6) is 1.58. The van der Waals surface area contributed by atoms with Crippen LogP contribution in [-0.4, -0.2) is 28.3 Å². The smallest absolute Gasteiger partial charge is 0.0383 e. The molecule has 1 saturated carbocycles. The summed E-state index contributed by atoms with van der Waals surface area (Å²) >= 11 is 0. The predicted molar refractivity (Wildman–Crippen MR) is 72.1 cm³/mol. The lowest BCUT2D eigenvalue weighted by Gasteiger charge is -2.40. The van der Waals surface area contributed by atoms with Crippen molar-refractivity contribution in [3.8, 4) is 0 Å². The van der Waals surface area contributed by atoms with E-state index in [1.54, 1.807) is 6.26 Å². The lowest BCUT2D eigenvalue weighted by Crippen LogP contribution is -2.45. The molecule has 1 rings (SSSR count). The Morgan fingerprint density at radius 2 is 2.06 bits per heavy atom. The molecule has 0 radical (unpaired) electrons. The van der Waals surface area contributed by atoms with Crippen LogP contribution in [0.1, 0.15) is 47.0 Å². The van der Waals surface area contributed by atoms with Crippen LogP contribution < -0.4 is 5.32 Å². The molecule has 1 N–H and O–H groups in total. The van der Waals surface area contributed by atoms with Gasteiger partial charge in [0.2, 0.25) is 0 Å². The van der Waals surface area contributed by atoms with Gasteiger partial charge in [-0.3, -0.25) is 4.21 Å². The molecule has 1 aliphatic rings. The number of nitrogens with one attached hydrogen (secondary N) is 1. The topological polar surface area (TPSA) is 29.1 Å². The Hall–Kier alpha value is 0.110. The van der Waals surface area contributed by atoms with Crippen LogP contribution >= 0.6 is 0 Å². The maximum Gasteiger partial charge on any atom is 0.0383 e. The van der Waals surface area contributed by atoms with E-state index in [4.69, 9.17) is 0 Å². The second kappa shape index (κ2) is 5.63. The van der Waals surface area contributed by atoms with Gasteiger partial charge in [0.25, 0.3) is 0 Å². The molecule has 0 aliphatic heterocycles. The Labute approximate surface area is 103 Å². The van der Waals surface area contributed by atoms with Crippen LogP contribution in [0, 0.1) is 11.3 Å². The van der Waals surface area contributed by atoms with Crippen molar-refractivity contribution in [3.63, 3.8) is 0 Å². The van der Waals surface area contributed by atoms with E-state index in [2.05, 4.69) is 33.0 Å². The molecule has 1 aliphatic carbocycles. The highest BCUT2D eigenvalue weighted by molar-refractivity contribution is 7.84. The average Bonchev–Trinajstić information content (AvgIpc) is 1.95. The molecule has 0 heterocycles. The largest absolute Gasteiger partial charge is 0.311 e. The Morgan fingerprint density at radius 3 is 2.56 bits per heavy atom. The van der Waals surface area contributed by atoms with Gasteiger partial charge in [-0.25, -0.2) is 0 Å². The van der Waals surface area contributed by atoms with Crippen molar-refractivity contribution < 1.29 is 4.21 Å². The fourth-order valence-electron chi connectivity index (χ4n) is 3.28. The van der Waals surface area contributed by atoms with E-state index in [0.29, 0.717) is 17.5 Å². The van der Waals surface area contributed by atoms with Gasteiger partial charge >= 0.3 is 0 Å². The molecular formula is C13H27NOS. The van der Waals surface area contributed by atoms with E-state index in [0.717, 1.165) is 11.7 Å². The summed E-state index contributed by atoms with van der Waals surface area (Å²) < 4.78 is 11.2. The minimum Gasteiger partial charge on any atom is -0.311 e. The molecule has 3 heteroatoms. The molecule has 4 unspecified atom stereocenters. The van der Waals surface area contributed by atoms with Crippen molar-refractivity contribution in [3.05, 3.63) is 0 Å². The van der Waals surface area contributed by atoms with Crippen molar-refractivity contribution in [2.45, 2.75) is 59.0 Å². The third-order valence-electron chi connectivity index (χ3n) is 3.39. The quantitative estimate of drug-likeness (QED) is 0.825. The van der Waals surface area contributed by atoms with Crippen LogP contribution in [-0.2, 0) is 10.8 Å². The Bertz CT molecular complexity index is 252. The number of hydrogen-bond donors (Lipinski definition) is 1. The van der Waals surface area contributed by atoms with Crippen LogP contribution in [0.4, 0.5) is 0 Å². The van der Waals surface area contributed by atoms with Crippen molar-refractivity contribution in [2.75, 3.05) is 12.0 Å². The molecule has 96 valence electrons. The summed E-state index contributed by atoms with van der Waals surface area (Å²) in [5, 5.41) is 3.64. The molecule has 0 amide bonds. The fraction of sp³-hybridized carbons (Fsp3) is 1.00. The maximum absolute atomic E-state index is 11.2. The first kappa shape index (κ1) is 14.2. The van der Waals surface area contributed by atoms with Crippen molar-refractivity contribution in [1.82, 2.24) is 5.32 Å². The van der Waals surface area contributed by atoms with Gasteiger partial charge in [-0.1, -0.05) is 20.8 Å². The zero-order chi connectivity index (χ0) is 12.3. The summed E-state index contributed by atoms with van der Waals surface area (Å²) in [4.78, 5) is 0. The van der Waals surface area contributed by atoms with Gasteiger partial charge in [0.15, 0.2) is 0 Å². The minimum absolute atomic E-state index is 0.372. The molecule has 2 nitrogen and oxygen atoms in total. The first-order valence-corrected chi connectivity index (χ1v) is 8.07. The molecule has 0 spiro atoms. The van der Waals surface area contributed by atoms with Crippen LogP contribution in [0.3, 0.4) is 0 Å². The lowest BCUT2D eigenvalue weighted by molar-refractivity contribution is 0.147. The second-order valence-electron chi connectivity index (χ2n) is 6.42. The number of hydrogen-bond acceptors (Lipinski definition) is 2. The normalized spacial score (nSPS) is 33.3. The Morgan fingerprint density at radius 1 is 1.44 bits per heavy atom. The van der Waals surface area contributed by atoms with Gasteiger partial charge in [0.1, 0.15) is 0 Å². The zero-order valence-electron chi connectivity index (χ0n) is 11.4. The van der Waals surface area contributed by atoms with Gasteiger partial charge < -0.3 is 5.32 Å². The van der Waals surface area contributed by atoms with E-state index in [1.807, 2.05) is 0 Å². The van der Waals surface area contributed by atoms with Crippen molar-refractivity contribution in [2.24, 2.45) is 11.3 Å². The van der Waals surface area contributed by atoms with Crippen LogP contribution in [0.25, 0.3) is 0 Å². The summed E-state index contributed by atoms with van der Waals surface area (Å²) in [6.07, 6.45) is 5.63. The fourth-order valence-corrected chi connectivity index (χ4v) is 4.08. The van der Waals surface area contributed by atoms with Crippen molar-refractivity contribution >= 4 is 10.8 Å². The highest BCUT2D eigenvalue weighted by Gasteiger charge is 2.32. The van der Waals surface area contributed by atoms with Gasteiger partial charge in [0, 0.05) is 34.9 Å². The first-order valence-electron chi connectivity index (χ1n) is 6.34. The van der Waals surface area contributed by atoms with E-state index in [1.165, 1.54) is 19.3 Å². The maximum atomic E-state index is 11.2. The molecule has 0 aromatic heterocycles. The molecule has 0 aromatic carbocycles. The van der Waals surface area contributed by atoms with E-state index in [9.17, 15) is 4.21 Å². The second-order valence-corrected chi connectivity index (χ2v) is 7.90. The lowest BCUT2D eigenvalue weighted by atomic mass is 9.70. The zero-order valence-corrected chi connectivity index (χ0v) is 12.2. The summed E-state index contributed by atoms with van der Waals surface area (Å²) in [5.41, 5.74) is 0.459. The van der Waals surface area contributed by atoms with Crippen LogP contribution in [0.5, 0.6) is 0 Å². The summed E-state index contributed by atoms with van der Waals surface area (Å²) in [6, 6.07) is 0.981. The highest BCUT2D eigenvalue weighted by Crippen LogP contribution is 2.38. The highest BCUT2D eigenvalue weighted by atomic mass is 32.2. The Balaban J connectivity index is 2.44. The minimum atomic E-state index is -0.690. The van der Waals surface area contributed by atoms with Crippen molar-refractivity contribution in [1.29, 1.82) is 0 Å². The monoisotopic (exact) mass is 245 g/mol. The molecule has 0 saturated heterocycles. The van der Waals surface area contributed by atoms with E-state index in [-0.39, 0.29) is 0 Å². The van der Waals surface area contributed by atoms with Gasteiger partial charge in [0.05, 0.1) is 0 Å². The van der Waals surface area contributed by atoms with Gasteiger partial charge in [-0.15, -0.1) is 0 Å². The molecule has 16 heavy (non-hydrogen) atoms. The van der Waals surface area contributed by atoms with Crippen LogP contribution in [0.15, 0.2) is 0 Å². The average molecular weight is 245 g/mol. The molecular weight excluding hydrogens is 218 g/mol. The van der Waals surface area contributed by atoms with Crippen LogP contribution in [0.2, 0.25) is 0 Å². The van der Waals surface area contributed by atoms with E-state index < -0.39 is 10.8 Å². The first-order chi connectivity index (χ1) is 7.28.